The van der Waals surface area contributed by atoms with E-state index in [-0.39, 0.29) is 11.5 Å². The minimum Gasteiger partial charge on any atom is -0.508 e. The third-order valence-electron chi connectivity index (χ3n) is 7.16. The Balaban J connectivity index is 1.37. The van der Waals surface area contributed by atoms with Gasteiger partial charge in [-0.05, 0) is 100 Å². The number of nitrogens with zero attached hydrogens (tertiary/aromatic N) is 1. The third kappa shape index (κ3) is 5.87. The number of phenolic OH excluding ortho intramolecular Hbond substituents is 1. The topological polar surface area (TPSA) is 59.0 Å². The van der Waals surface area contributed by atoms with Gasteiger partial charge < -0.3 is 14.6 Å². The minimum absolute atomic E-state index is 0.0656. The molecule has 1 aromatic heterocycles. The third-order valence-corrected chi connectivity index (χ3v) is 8.29. The highest BCUT2D eigenvalue weighted by atomic mass is 32.1. The molecule has 0 amide bonds. The molecule has 1 aliphatic heterocycles. The molecule has 3 aromatic carbocycles. The van der Waals surface area contributed by atoms with Crippen molar-refractivity contribution in [3.05, 3.63) is 81.7 Å². The minimum atomic E-state index is -0.0656. The zero-order chi connectivity index (χ0) is 26.6. The fourth-order valence-corrected chi connectivity index (χ4v) is 6.45. The Kier molecular flexibility index (Phi) is 8.01. The smallest absolute Gasteiger partial charge is 0.207 e. The van der Waals surface area contributed by atoms with Crippen molar-refractivity contribution in [2.45, 2.75) is 46.5 Å². The van der Waals surface area contributed by atoms with Gasteiger partial charge in [0.1, 0.15) is 28.7 Å². The lowest BCUT2D eigenvalue weighted by Crippen LogP contribution is -2.29. The first-order chi connectivity index (χ1) is 18.4. The molecule has 38 heavy (non-hydrogen) atoms. The first-order valence-electron chi connectivity index (χ1n) is 13.4. The van der Waals surface area contributed by atoms with Crippen LogP contribution in [0.25, 0.3) is 10.1 Å². The number of thiophene rings is 1. The second kappa shape index (κ2) is 11.6. The van der Waals surface area contributed by atoms with Crippen molar-refractivity contribution in [3.8, 4) is 23.0 Å². The zero-order valence-electron chi connectivity index (χ0n) is 22.4. The predicted molar refractivity (Wildman–Crippen MR) is 154 cm³/mol. The molecule has 0 aliphatic carbocycles. The molecular formula is C32H35NO4S. The molecule has 198 valence electrons. The summed E-state index contributed by atoms with van der Waals surface area (Å²) in [4.78, 5) is 16.8. The quantitative estimate of drug-likeness (QED) is 0.236. The standard InChI is InChI=1S/C32H35NO4S/c1-21-18-22(2)29(23(3)19-21)30(35)32-31(27-13-8-24(34)20-28(27)38-32)37-26-11-9-25(10-12-26)36-17-16-33-14-6-4-5-7-15-33/h8-13,18-20,34H,4-7,14-17H2,1-3H3. The Morgan fingerprint density at radius 3 is 2.24 bits per heavy atom. The number of hydrogen-bond acceptors (Lipinski definition) is 6. The number of carbonyl (C=O) groups is 1. The van der Waals surface area contributed by atoms with E-state index in [1.807, 2.05) is 63.2 Å². The highest BCUT2D eigenvalue weighted by Crippen LogP contribution is 2.43. The van der Waals surface area contributed by atoms with Gasteiger partial charge in [-0.1, -0.05) is 30.5 Å². The van der Waals surface area contributed by atoms with Crippen LogP contribution in [0, 0.1) is 20.8 Å². The number of ether oxygens (including phenoxy) is 2. The van der Waals surface area contributed by atoms with Crippen LogP contribution < -0.4 is 9.47 Å². The Labute approximate surface area is 228 Å². The van der Waals surface area contributed by atoms with Crippen molar-refractivity contribution in [1.82, 2.24) is 4.90 Å². The summed E-state index contributed by atoms with van der Waals surface area (Å²) in [6.45, 7) is 9.89. The maximum Gasteiger partial charge on any atom is 0.207 e. The van der Waals surface area contributed by atoms with Gasteiger partial charge in [0.25, 0.3) is 0 Å². The molecule has 5 nitrogen and oxygen atoms in total. The van der Waals surface area contributed by atoms with Crippen molar-refractivity contribution in [2.75, 3.05) is 26.2 Å². The van der Waals surface area contributed by atoms with Gasteiger partial charge >= 0.3 is 0 Å². The number of rotatable bonds is 8. The molecule has 1 N–H and O–H groups in total. The van der Waals surface area contributed by atoms with Gasteiger partial charge in [0.05, 0.1) is 0 Å². The van der Waals surface area contributed by atoms with Gasteiger partial charge in [-0.15, -0.1) is 11.3 Å². The molecule has 0 atom stereocenters. The van der Waals surface area contributed by atoms with E-state index in [4.69, 9.17) is 9.47 Å². The number of ketones is 1. The lowest BCUT2D eigenvalue weighted by Gasteiger charge is -2.19. The molecule has 5 rings (SSSR count). The molecule has 0 radical (unpaired) electrons. The van der Waals surface area contributed by atoms with E-state index in [9.17, 15) is 9.90 Å². The predicted octanol–water partition coefficient (Wildman–Crippen LogP) is 7.81. The zero-order valence-corrected chi connectivity index (χ0v) is 23.2. The van der Waals surface area contributed by atoms with Crippen molar-refractivity contribution >= 4 is 27.2 Å². The highest BCUT2D eigenvalue weighted by molar-refractivity contribution is 7.21. The van der Waals surface area contributed by atoms with Crippen LogP contribution in [0.2, 0.25) is 0 Å². The van der Waals surface area contributed by atoms with E-state index in [0.29, 0.717) is 28.5 Å². The van der Waals surface area contributed by atoms with Gasteiger partial charge in [0, 0.05) is 22.2 Å². The Bertz CT molecular complexity index is 1410. The fraction of sp³-hybridized carbons (Fsp3) is 0.344. The molecule has 1 fully saturated rings. The number of carbonyl (C=O) groups excluding carboxylic acids is 1. The van der Waals surface area contributed by atoms with Gasteiger partial charge in [-0.25, -0.2) is 0 Å². The number of phenols is 1. The van der Waals surface area contributed by atoms with E-state index < -0.39 is 0 Å². The van der Waals surface area contributed by atoms with E-state index in [1.165, 1.54) is 37.0 Å². The number of aromatic hydroxyl groups is 1. The van der Waals surface area contributed by atoms with Gasteiger partial charge in [0.15, 0.2) is 5.75 Å². The normalized spacial score (nSPS) is 14.4. The monoisotopic (exact) mass is 529 g/mol. The lowest BCUT2D eigenvalue weighted by atomic mass is 9.95. The summed E-state index contributed by atoms with van der Waals surface area (Å²) >= 11 is 1.35. The average molecular weight is 530 g/mol. The maximum atomic E-state index is 13.8. The van der Waals surface area contributed by atoms with Crippen molar-refractivity contribution in [1.29, 1.82) is 0 Å². The molecule has 0 saturated carbocycles. The molecule has 0 bridgehead atoms. The second-order valence-corrected chi connectivity index (χ2v) is 11.3. The van der Waals surface area contributed by atoms with Crippen LogP contribution in [0.4, 0.5) is 0 Å². The maximum absolute atomic E-state index is 13.8. The molecule has 1 saturated heterocycles. The number of hydrogen-bond donors (Lipinski definition) is 1. The van der Waals surface area contributed by atoms with Gasteiger partial charge in [-0.3, -0.25) is 9.69 Å². The summed E-state index contributed by atoms with van der Waals surface area (Å²) in [5.74, 6) is 2.04. The first kappa shape index (κ1) is 26.3. The lowest BCUT2D eigenvalue weighted by molar-refractivity contribution is 0.103. The summed E-state index contributed by atoms with van der Waals surface area (Å²) in [6, 6.07) is 16.8. The molecule has 6 heteroatoms. The van der Waals surface area contributed by atoms with E-state index in [2.05, 4.69) is 4.90 Å². The van der Waals surface area contributed by atoms with Crippen LogP contribution in [0.15, 0.2) is 54.6 Å². The first-order valence-corrected chi connectivity index (χ1v) is 14.2. The summed E-state index contributed by atoms with van der Waals surface area (Å²) in [5.41, 5.74) is 3.72. The van der Waals surface area contributed by atoms with Gasteiger partial charge in [-0.2, -0.15) is 0 Å². The number of likely N-dealkylation sites (tertiary alicyclic amines) is 1. The van der Waals surface area contributed by atoms with Crippen LogP contribution in [-0.2, 0) is 0 Å². The van der Waals surface area contributed by atoms with Crippen molar-refractivity contribution in [3.63, 3.8) is 0 Å². The van der Waals surface area contributed by atoms with Crippen LogP contribution in [-0.4, -0.2) is 42.0 Å². The molecule has 4 aromatic rings. The van der Waals surface area contributed by atoms with Crippen LogP contribution in [0.1, 0.15) is 57.6 Å². The molecule has 0 unspecified atom stereocenters. The molecule has 2 heterocycles. The summed E-state index contributed by atoms with van der Waals surface area (Å²) in [7, 11) is 0. The van der Waals surface area contributed by atoms with Crippen LogP contribution in [0.3, 0.4) is 0 Å². The Morgan fingerprint density at radius 1 is 0.895 bits per heavy atom. The summed E-state index contributed by atoms with van der Waals surface area (Å²) < 4.78 is 13.2. The summed E-state index contributed by atoms with van der Waals surface area (Å²) in [5, 5.41) is 10.9. The van der Waals surface area contributed by atoms with Crippen molar-refractivity contribution in [2.24, 2.45) is 0 Å². The van der Waals surface area contributed by atoms with Crippen LogP contribution >= 0.6 is 11.3 Å². The summed E-state index contributed by atoms with van der Waals surface area (Å²) in [6.07, 6.45) is 5.21. The van der Waals surface area contributed by atoms with E-state index >= 15 is 0 Å². The number of benzene rings is 3. The van der Waals surface area contributed by atoms with Crippen LogP contribution in [0.5, 0.6) is 23.0 Å². The van der Waals surface area contributed by atoms with Crippen molar-refractivity contribution < 1.29 is 19.4 Å². The molecule has 0 spiro atoms. The molecular weight excluding hydrogens is 494 g/mol. The largest absolute Gasteiger partial charge is 0.508 e. The fourth-order valence-electron chi connectivity index (χ4n) is 5.34. The average Bonchev–Trinajstić information content (AvgIpc) is 3.03. The number of fused-ring (bicyclic) bond motifs is 1. The second-order valence-electron chi connectivity index (χ2n) is 10.2. The Morgan fingerprint density at radius 2 is 1.55 bits per heavy atom. The SMILES string of the molecule is Cc1cc(C)c(C(=O)c2sc3cc(O)ccc3c2Oc2ccc(OCCN3CCCCCC3)cc2)c(C)c1. The Hall–Kier alpha value is -3.35. The number of aryl methyl sites for hydroxylation is 3. The highest BCUT2D eigenvalue weighted by Gasteiger charge is 2.24. The van der Waals surface area contributed by atoms with E-state index in [1.54, 1.807) is 12.1 Å². The van der Waals surface area contributed by atoms with E-state index in [0.717, 1.165) is 52.2 Å². The van der Waals surface area contributed by atoms with Gasteiger partial charge in [0.2, 0.25) is 5.78 Å². The molecule has 1 aliphatic rings.